The predicted molar refractivity (Wildman–Crippen MR) is 125 cm³/mol. The molecule has 0 bridgehead atoms. The van der Waals surface area contributed by atoms with Crippen LogP contribution in [0.2, 0.25) is 0 Å². The van der Waals surface area contributed by atoms with Crippen molar-refractivity contribution >= 4 is 34.0 Å². The summed E-state index contributed by atoms with van der Waals surface area (Å²) in [6.07, 6.45) is 0.148. The monoisotopic (exact) mass is 465 g/mol. The molecule has 33 heavy (non-hydrogen) atoms. The molecule has 2 amide bonds. The van der Waals surface area contributed by atoms with E-state index in [-0.39, 0.29) is 25.0 Å². The Kier molecular flexibility index (Phi) is 5.41. The quantitative estimate of drug-likeness (QED) is 0.609. The molecule has 5 rings (SSSR count). The molecule has 0 radical (unpaired) electrons. The first-order valence-corrected chi connectivity index (χ1v) is 11.4. The van der Waals surface area contributed by atoms with Gasteiger partial charge in [0, 0.05) is 35.2 Å². The number of rotatable bonds is 5. The molecule has 1 N–H and O–H groups in total. The van der Waals surface area contributed by atoms with Crippen LogP contribution < -0.4 is 24.4 Å². The molecule has 3 aromatic rings. The van der Waals surface area contributed by atoms with Gasteiger partial charge in [-0.25, -0.2) is 4.98 Å². The topological polar surface area (TPSA) is 90.0 Å². The predicted octanol–water partition coefficient (Wildman–Crippen LogP) is 4.16. The Morgan fingerprint density at radius 3 is 2.79 bits per heavy atom. The number of thiazole rings is 1. The highest BCUT2D eigenvalue weighted by Crippen LogP contribution is 2.38. The van der Waals surface area contributed by atoms with Crippen LogP contribution >= 0.6 is 11.3 Å². The number of aryl methyl sites for hydroxylation is 2. The molecular weight excluding hydrogens is 442 g/mol. The summed E-state index contributed by atoms with van der Waals surface area (Å²) in [6.45, 7) is 4.43. The van der Waals surface area contributed by atoms with Crippen LogP contribution in [0.1, 0.15) is 16.9 Å². The molecule has 2 aromatic carbocycles. The molecule has 1 saturated heterocycles. The molecule has 2 aliphatic rings. The highest BCUT2D eigenvalue weighted by atomic mass is 32.1. The van der Waals surface area contributed by atoms with Crippen molar-refractivity contribution in [3.05, 3.63) is 46.8 Å². The number of carbonyl (C=O) groups excluding carboxylic acids is 2. The summed E-state index contributed by atoms with van der Waals surface area (Å²) >= 11 is 1.42. The number of carbonyl (C=O) groups is 2. The van der Waals surface area contributed by atoms with Gasteiger partial charge in [-0.1, -0.05) is 0 Å². The second kappa shape index (κ2) is 8.40. The number of ether oxygens (including phenoxy) is 3. The van der Waals surface area contributed by atoms with Crippen molar-refractivity contribution in [2.45, 2.75) is 20.3 Å². The maximum atomic E-state index is 12.9. The maximum Gasteiger partial charge on any atom is 0.231 e. The minimum absolute atomic E-state index is 0.0984. The van der Waals surface area contributed by atoms with Crippen LogP contribution in [-0.4, -0.2) is 37.2 Å². The van der Waals surface area contributed by atoms with Crippen LogP contribution in [0.25, 0.3) is 11.3 Å². The van der Waals surface area contributed by atoms with Gasteiger partial charge in [0.05, 0.1) is 18.7 Å². The first-order valence-electron chi connectivity index (χ1n) is 10.6. The minimum atomic E-state index is -0.459. The minimum Gasteiger partial charge on any atom is -0.496 e. The molecule has 3 heterocycles. The SMILES string of the molecule is COc1ccc(-c2nc(NC(=O)C3CC(=O)N(c4ccc5c(c4)OCO5)C3)sc2C)cc1C. The van der Waals surface area contributed by atoms with Crippen molar-refractivity contribution in [3.8, 4) is 28.5 Å². The van der Waals surface area contributed by atoms with Crippen LogP contribution in [0.4, 0.5) is 10.8 Å². The number of benzene rings is 2. The van der Waals surface area contributed by atoms with Gasteiger partial charge in [0.25, 0.3) is 0 Å². The molecule has 0 saturated carbocycles. The van der Waals surface area contributed by atoms with Gasteiger partial charge in [-0.3, -0.25) is 9.59 Å². The van der Waals surface area contributed by atoms with Gasteiger partial charge in [0.2, 0.25) is 18.6 Å². The number of hydrogen-bond donors (Lipinski definition) is 1. The number of anilines is 2. The summed E-state index contributed by atoms with van der Waals surface area (Å²) < 4.78 is 16.1. The lowest BCUT2D eigenvalue weighted by Gasteiger charge is -2.17. The molecule has 170 valence electrons. The van der Waals surface area contributed by atoms with Crippen molar-refractivity contribution < 1.29 is 23.8 Å². The first-order chi connectivity index (χ1) is 15.9. The summed E-state index contributed by atoms with van der Waals surface area (Å²) in [6, 6.07) is 11.2. The summed E-state index contributed by atoms with van der Waals surface area (Å²) in [5.74, 6) is 1.31. The highest BCUT2D eigenvalue weighted by Gasteiger charge is 2.36. The maximum absolute atomic E-state index is 12.9. The highest BCUT2D eigenvalue weighted by molar-refractivity contribution is 7.16. The van der Waals surface area contributed by atoms with Crippen LogP contribution in [0.5, 0.6) is 17.2 Å². The Labute approximate surface area is 195 Å². The number of hydrogen-bond acceptors (Lipinski definition) is 7. The molecule has 1 unspecified atom stereocenters. The number of methoxy groups -OCH3 is 1. The molecule has 0 aliphatic carbocycles. The van der Waals surface area contributed by atoms with E-state index in [1.165, 1.54) is 11.3 Å². The third-order valence-electron chi connectivity index (χ3n) is 5.86. The zero-order valence-corrected chi connectivity index (χ0v) is 19.3. The van der Waals surface area contributed by atoms with Crippen molar-refractivity contribution in [1.82, 2.24) is 4.98 Å². The van der Waals surface area contributed by atoms with E-state index >= 15 is 0 Å². The van der Waals surface area contributed by atoms with E-state index in [0.717, 1.165) is 27.4 Å². The Bertz CT molecular complexity index is 1250. The van der Waals surface area contributed by atoms with Gasteiger partial charge < -0.3 is 24.4 Å². The fourth-order valence-electron chi connectivity index (χ4n) is 4.14. The Balaban J connectivity index is 1.29. The van der Waals surface area contributed by atoms with Gasteiger partial charge >= 0.3 is 0 Å². The summed E-state index contributed by atoms with van der Waals surface area (Å²) in [5.41, 5.74) is 3.50. The van der Waals surface area contributed by atoms with Crippen molar-refractivity contribution in [2.75, 3.05) is 30.7 Å². The molecule has 2 aliphatic heterocycles. The van der Waals surface area contributed by atoms with Crippen LogP contribution in [0.3, 0.4) is 0 Å². The van der Waals surface area contributed by atoms with E-state index < -0.39 is 5.92 Å². The summed E-state index contributed by atoms with van der Waals surface area (Å²) in [5, 5.41) is 3.43. The largest absolute Gasteiger partial charge is 0.496 e. The van der Waals surface area contributed by atoms with Crippen molar-refractivity contribution in [3.63, 3.8) is 0 Å². The number of fused-ring (bicyclic) bond motifs is 1. The Morgan fingerprint density at radius 1 is 1.18 bits per heavy atom. The van der Waals surface area contributed by atoms with Crippen LogP contribution in [0.15, 0.2) is 36.4 Å². The lowest BCUT2D eigenvalue weighted by Crippen LogP contribution is -2.28. The van der Waals surface area contributed by atoms with E-state index in [1.807, 2.05) is 32.0 Å². The van der Waals surface area contributed by atoms with Gasteiger partial charge in [-0.2, -0.15) is 0 Å². The summed E-state index contributed by atoms with van der Waals surface area (Å²) in [7, 11) is 1.64. The molecular formula is C24H23N3O5S. The lowest BCUT2D eigenvalue weighted by atomic mass is 10.1. The number of nitrogens with one attached hydrogen (secondary N) is 1. The summed E-state index contributed by atoms with van der Waals surface area (Å²) in [4.78, 5) is 32.8. The van der Waals surface area contributed by atoms with Gasteiger partial charge in [0.1, 0.15) is 5.75 Å². The van der Waals surface area contributed by atoms with E-state index in [9.17, 15) is 9.59 Å². The smallest absolute Gasteiger partial charge is 0.231 e. The molecule has 8 nitrogen and oxygen atoms in total. The van der Waals surface area contributed by atoms with Crippen molar-refractivity contribution in [1.29, 1.82) is 0 Å². The van der Waals surface area contributed by atoms with Crippen LogP contribution in [0, 0.1) is 19.8 Å². The van der Waals surface area contributed by atoms with Gasteiger partial charge in [0.15, 0.2) is 16.6 Å². The average molecular weight is 466 g/mol. The standard InChI is InChI=1S/C24H23N3O5S/c1-13-8-15(4-6-18(13)30-3)22-14(2)33-24(25-22)26-23(29)16-9-21(28)27(11-16)17-5-7-19-20(10-17)32-12-31-19/h4-8,10,16H,9,11-12H2,1-3H3,(H,25,26,29). The molecule has 1 atom stereocenters. The molecule has 1 fully saturated rings. The average Bonchev–Trinajstić information content (AvgIpc) is 3.51. The van der Waals surface area contributed by atoms with Gasteiger partial charge in [-0.15, -0.1) is 11.3 Å². The third-order valence-corrected chi connectivity index (χ3v) is 6.74. The van der Waals surface area contributed by atoms with E-state index in [1.54, 1.807) is 30.2 Å². The number of amides is 2. The second-order valence-corrected chi connectivity index (χ2v) is 9.24. The fraction of sp³-hybridized carbons (Fsp3) is 0.292. The van der Waals surface area contributed by atoms with E-state index in [4.69, 9.17) is 14.2 Å². The second-order valence-electron chi connectivity index (χ2n) is 8.04. The third kappa shape index (κ3) is 4.00. The zero-order chi connectivity index (χ0) is 23.1. The Hall–Kier alpha value is -3.59. The Morgan fingerprint density at radius 2 is 2.00 bits per heavy atom. The number of nitrogens with zero attached hydrogens (tertiary/aromatic N) is 2. The molecule has 9 heteroatoms. The van der Waals surface area contributed by atoms with E-state index in [2.05, 4.69) is 10.3 Å². The zero-order valence-electron chi connectivity index (χ0n) is 18.5. The van der Waals surface area contributed by atoms with Crippen molar-refractivity contribution in [2.24, 2.45) is 5.92 Å². The lowest BCUT2D eigenvalue weighted by molar-refractivity contribution is -0.122. The molecule has 0 spiro atoms. The number of aromatic nitrogens is 1. The first kappa shape index (κ1) is 21.3. The molecule has 1 aromatic heterocycles. The van der Waals surface area contributed by atoms with Crippen LogP contribution in [-0.2, 0) is 9.59 Å². The van der Waals surface area contributed by atoms with E-state index in [0.29, 0.717) is 28.9 Å². The normalized spacial score (nSPS) is 16.9. The van der Waals surface area contributed by atoms with Gasteiger partial charge in [-0.05, 0) is 49.7 Å². The fourth-order valence-corrected chi connectivity index (χ4v) is 4.98.